The van der Waals surface area contributed by atoms with Crippen LogP contribution in [0.1, 0.15) is 24.0 Å². The summed E-state index contributed by atoms with van der Waals surface area (Å²) in [6.45, 7) is 5.95. The summed E-state index contributed by atoms with van der Waals surface area (Å²) in [6.07, 6.45) is 2.11. The first-order valence-corrected chi connectivity index (χ1v) is 7.80. The second-order valence-electron chi connectivity index (χ2n) is 5.49. The molecule has 0 atom stereocenters. The molecule has 4 heteroatoms. The fourth-order valence-corrected chi connectivity index (χ4v) is 3.74. The van der Waals surface area contributed by atoms with Crippen LogP contribution in [0.3, 0.4) is 0 Å². The molecule has 3 nitrogen and oxygen atoms in total. The minimum atomic E-state index is 0.128. The van der Waals surface area contributed by atoms with Crippen LogP contribution in [-0.2, 0) is 4.74 Å². The zero-order chi connectivity index (χ0) is 13.3. The van der Waals surface area contributed by atoms with Gasteiger partial charge in [-0.2, -0.15) is 0 Å². The Balaban J connectivity index is 1.77. The highest BCUT2D eigenvalue weighted by Gasteiger charge is 2.37. The molecule has 1 spiro atoms. The molecule has 1 fully saturated rings. The number of nitrogens with zero attached hydrogens (tertiary/aromatic N) is 1. The summed E-state index contributed by atoms with van der Waals surface area (Å²) in [5.41, 5.74) is 3.85. The Labute approximate surface area is 118 Å². The van der Waals surface area contributed by atoms with Gasteiger partial charge in [0.2, 0.25) is 0 Å². The molecule has 1 N–H and O–H groups in total. The van der Waals surface area contributed by atoms with Crippen molar-refractivity contribution in [2.45, 2.75) is 32.2 Å². The van der Waals surface area contributed by atoms with Crippen molar-refractivity contribution in [2.75, 3.05) is 24.3 Å². The molecule has 1 aromatic carbocycles. The molecule has 0 unspecified atom stereocenters. The molecule has 102 valence electrons. The predicted molar refractivity (Wildman–Crippen MR) is 82.2 cm³/mol. The number of benzene rings is 1. The molecule has 19 heavy (non-hydrogen) atoms. The number of ether oxygens (including phenoxy) is 1. The Bertz CT molecular complexity index is 507. The van der Waals surface area contributed by atoms with Crippen molar-refractivity contribution in [1.29, 1.82) is 0 Å². The first-order valence-electron chi connectivity index (χ1n) is 6.82. The van der Waals surface area contributed by atoms with Gasteiger partial charge >= 0.3 is 0 Å². The normalized spacial score (nSPS) is 21.5. The first-order chi connectivity index (χ1) is 9.17. The van der Waals surface area contributed by atoms with Crippen molar-refractivity contribution in [3.63, 3.8) is 0 Å². The smallest absolute Gasteiger partial charge is 0.161 e. The van der Waals surface area contributed by atoms with Gasteiger partial charge in [-0.25, -0.2) is 0 Å². The van der Waals surface area contributed by atoms with E-state index in [9.17, 15) is 0 Å². The van der Waals surface area contributed by atoms with Gasteiger partial charge in [-0.3, -0.25) is 4.99 Å². The molecule has 0 radical (unpaired) electrons. The number of aliphatic imine (C=N–C) groups is 1. The average Bonchev–Trinajstić information content (AvgIpc) is 2.78. The molecule has 2 aliphatic rings. The van der Waals surface area contributed by atoms with E-state index in [1.54, 1.807) is 0 Å². The molecule has 0 aliphatic carbocycles. The third-order valence-electron chi connectivity index (χ3n) is 3.87. The highest BCUT2D eigenvalue weighted by Crippen LogP contribution is 2.36. The summed E-state index contributed by atoms with van der Waals surface area (Å²) in [5, 5.41) is 4.56. The zero-order valence-corrected chi connectivity index (χ0v) is 12.3. The lowest BCUT2D eigenvalue weighted by atomic mass is 9.93. The quantitative estimate of drug-likeness (QED) is 0.854. The van der Waals surface area contributed by atoms with Crippen LogP contribution in [0, 0.1) is 13.8 Å². The minimum Gasteiger partial charge on any atom is -0.381 e. The number of thioether (sulfide) groups is 1. The first kappa shape index (κ1) is 13.0. The summed E-state index contributed by atoms with van der Waals surface area (Å²) in [5.74, 6) is 1.09. The maximum atomic E-state index is 5.45. The van der Waals surface area contributed by atoms with Crippen LogP contribution >= 0.6 is 11.8 Å². The maximum Gasteiger partial charge on any atom is 0.161 e. The van der Waals surface area contributed by atoms with E-state index in [-0.39, 0.29) is 5.54 Å². The van der Waals surface area contributed by atoms with Crippen molar-refractivity contribution in [3.8, 4) is 0 Å². The van der Waals surface area contributed by atoms with Crippen molar-refractivity contribution < 1.29 is 4.74 Å². The van der Waals surface area contributed by atoms with Gasteiger partial charge in [0.25, 0.3) is 0 Å². The molecular formula is C15H20N2OS. The monoisotopic (exact) mass is 276 g/mol. The molecule has 1 saturated heterocycles. The van der Waals surface area contributed by atoms with E-state index in [1.165, 1.54) is 16.8 Å². The van der Waals surface area contributed by atoms with E-state index in [0.717, 1.165) is 37.0 Å². The van der Waals surface area contributed by atoms with Crippen molar-refractivity contribution in [3.05, 3.63) is 29.3 Å². The molecule has 3 rings (SSSR count). The van der Waals surface area contributed by atoms with Crippen LogP contribution in [0.5, 0.6) is 0 Å². The molecule has 0 amide bonds. The van der Waals surface area contributed by atoms with Gasteiger partial charge in [-0.05, 0) is 43.9 Å². The second-order valence-corrected chi connectivity index (χ2v) is 6.45. The van der Waals surface area contributed by atoms with Crippen LogP contribution in [0.15, 0.2) is 23.2 Å². The lowest BCUT2D eigenvalue weighted by molar-refractivity contribution is 0.0624. The fourth-order valence-electron chi connectivity index (χ4n) is 2.54. The standard InChI is InChI=1S/C15H20N2OS/c1-11-3-4-12(2)13(9-11)16-14-17-15(10-19-14)5-7-18-8-6-15/h3-4,9H,5-8,10H2,1-2H3,(H,16,17). The molecule has 1 aromatic rings. The van der Waals surface area contributed by atoms with Gasteiger partial charge in [0, 0.05) is 24.7 Å². The number of hydrogen-bond acceptors (Lipinski definition) is 4. The third-order valence-corrected chi connectivity index (χ3v) is 5.02. The summed E-state index contributed by atoms with van der Waals surface area (Å²) in [4.78, 5) is 4.93. The Hall–Kier alpha value is -1.00. The molecule has 2 aliphatic heterocycles. The number of amidine groups is 1. The number of rotatable bonds is 1. The molecule has 0 aromatic heterocycles. The Kier molecular flexibility index (Phi) is 3.54. The van der Waals surface area contributed by atoms with Gasteiger partial charge in [0.15, 0.2) is 5.17 Å². The zero-order valence-electron chi connectivity index (χ0n) is 11.5. The van der Waals surface area contributed by atoms with Crippen molar-refractivity contribution >= 4 is 22.6 Å². The van der Waals surface area contributed by atoms with E-state index in [4.69, 9.17) is 9.73 Å². The number of hydrogen-bond donors (Lipinski definition) is 1. The lowest BCUT2D eigenvalue weighted by Crippen LogP contribution is -2.34. The van der Waals surface area contributed by atoms with Crippen LogP contribution in [0.4, 0.5) is 5.69 Å². The number of nitrogens with one attached hydrogen (secondary N) is 1. The highest BCUT2D eigenvalue weighted by molar-refractivity contribution is 8.14. The average molecular weight is 276 g/mol. The van der Waals surface area contributed by atoms with E-state index < -0.39 is 0 Å². The molecular weight excluding hydrogens is 256 g/mol. The van der Waals surface area contributed by atoms with Gasteiger partial charge < -0.3 is 10.1 Å². The van der Waals surface area contributed by atoms with Crippen molar-refractivity contribution in [2.24, 2.45) is 4.99 Å². The van der Waals surface area contributed by atoms with E-state index in [0.29, 0.717) is 0 Å². The SMILES string of the molecule is Cc1ccc(C)c(NC2=NC3(CCOCC3)CS2)c1. The van der Waals surface area contributed by atoms with Crippen LogP contribution in [0.25, 0.3) is 0 Å². The molecule has 2 heterocycles. The van der Waals surface area contributed by atoms with Crippen LogP contribution in [-0.4, -0.2) is 29.7 Å². The van der Waals surface area contributed by atoms with Gasteiger partial charge in [0.1, 0.15) is 0 Å². The largest absolute Gasteiger partial charge is 0.381 e. The van der Waals surface area contributed by atoms with Gasteiger partial charge in [-0.1, -0.05) is 23.9 Å². The highest BCUT2D eigenvalue weighted by atomic mass is 32.2. The number of anilines is 1. The molecule has 0 bridgehead atoms. The summed E-state index contributed by atoms with van der Waals surface area (Å²) >= 11 is 1.84. The van der Waals surface area contributed by atoms with Gasteiger partial charge in [-0.15, -0.1) is 0 Å². The second kappa shape index (κ2) is 5.17. The van der Waals surface area contributed by atoms with Crippen molar-refractivity contribution in [1.82, 2.24) is 0 Å². The maximum absolute atomic E-state index is 5.45. The Morgan fingerprint density at radius 1 is 1.26 bits per heavy atom. The summed E-state index contributed by atoms with van der Waals surface area (Å²) in [6, 6.07) is 6.49. The molecule has 0 saturated carbocycles. The van der Waals surface area contributed by atoms with Crippen LogP contribution < -0.4 is 5.32 Å². The lowest BCUT2D eigenvalue weighted by Gasteiger charge is -2.29. The van der Waals surface area contributed by atoms with E-state index in [1.807, 2.05) is 11.8 Å². The van der Waals surface area contributed by atoms with Gasteiger partial charge in [0.05, 0.1) is 5.54 Å². The number of aryl methyl sites for hydroxylation is 2. The Morgan fingerprint density at radius 3 is 2.84 bits per heavy atom. The summed E-state index contributed by atoms with van der Waals surface area (Å²) in [7, 11) is 0. The third kappa shape index (κ3) is 2.79. The summed E-state index contributed by atoms with van der Waals surface area (Å²) < 4.78 is 5.45. The van der Waals surface area contributed by atoms with Crippen LogP contribution in [0.2, 0.25) is 0 Å². The predicted octanol–water partition coefficient (Wildman–Crippen LogP) is 3.37. The Morgan fingerprint density at radius 2 is 2.05 bits per heavy atom. The fraction of sp³-hybridized carbons (Fsp3) is 0.533. The van der Waals surface area contributed by atoms with E-state index >= 15 is 0 Å². The minimum absolute atomic E-state index is 0.128. The topological polar surface area (TPSA) is 33.6 Å². The van der Waals surface area contributed by atoms with E-state index in [2.05, 4.69) is 37.4 Å².